The summed E-state index contributed by atoms with van der Waals surface area (Å²) in [5.74, 6) is 2.21. The molecule has 0 atom stereocenters. The Kier molecular flexibility index (Phi) is 2.28. The minimum absolute atomic E-state index is 0.672. The Labute approximate surface area is 95.5 Å². The molecule has 3 rings (SSSR count). The van der Waals surface area contributed by atoms with Gasteiger partial charge in [0, 0.05) is 29.5 Å². The highest BCUT2D eigenvalue weighted by molar-refractivity contribution is 5.61. The Bertz CT molecular complexity index is 405. The molecule has 3 heteroatoms. The fraction of sp³-hybridized carbons (Fsp3) is 0.538. The highest BCUT2D eigenvalue weighted by atomic mass is 16.5. The van der Waals surface area contributed by atoms with Gasteiger partial charge in [-0.15, -0.1) is 0 Å². The maximum atomic E-state index is 5.78. The van der Waals surface area contributed by atoms with Crippen molar-refractivity contribution in [2.45, 2.75) is 26.2 Å². The van der Waals surface area contributed by atoms with Gasteiger partial charge in [0.15, 0.2) is 0 Å². The van der Waals surface area contributed by atoms with Crippen LogP contribution in [0.15, 0.2) is 0 Å². The van der Waals surface area contributed by atoms with E-state index in [0.717, 1.165) is 44.0 Å². The molecule has 0 saturated carbocycles. The standard InChI is InChI=1S/C13H17NO2/c1-8-9-3-6-16-13(9)10(2-5-14)11-4-7-15-12(8)11/h2-7,14H2,1H3. The number of rotatable bonds is 2. The van der Waals surface area contributed by atoms with E-state index in [1.165, 1.54) is 22.3 Å². The van der Waals surface area contributed by atoms with Crippen LogP contribution in [0.3, 0.4) is 0 Å². The lowest BCUT2D eigenvalue weighted by Gasteiger charge is -2.15. The summed E-state index contributed by atoms with van der Waals surface area (Å²) in [6.07, 6.45) is 2.91. The van der Waals surface area contributed by atoms with Gasteiger partial charge in [-0.2, -0.15) is 0 Å². The van der Waals surface area contributed by atoms with Crippen molar-refractivity contribution in [1.82, 2.24) is 0 Å². The molecule has 0 aliphatic carbocycles. The fourth-order valence-electron chi connectivity index (χ4n) is 2.84. The van der Waals surface area contributed by atoms with Crippen LogP contribution < -0.4 is 15.2 Å². The molecule has 3 nitrogen and oxygen atoms in total. The van der Waals surface area contributed by atoms with E-state index in [9.17, 15) is 0 Å². The van der Waals surface area contributed by atoms with Crippen molar-refractivity contribution in [2.75, 3.05) is 19.8 Å². The molecule has 86 valence electrons. The van der Waals surface area contributed by atoms with Gasteiger partial charge in [0.1, 0.15) is 11.5 Å². The smallest absolute Gasteiger partial charge is 0.126 e. The minimum Gasteiger partial charge on any atom is -0.493 e. The number of hydrogen-bond donors (Lipinski definition) is 1. The maximum Gasteiger partial charge on any atom is 0.126 e. The molecule has 0 fully saturated rings. The third kappa shape index (κ3) is 1.24. The first-order valence-electron chi connectivity index (χ1n) is 5.95. The van der Waals surface area contributed by atoms with Crippen LogP contribution in [0.1, 0.15) is 22.3 Å². The summed E-state index contributed by atoms with van der Waals surface area (Å²) in [6.45, 7) is 4.42. The van der Waals surface area contributed by atoms with Crippen LogP contribution in [0.25, 0.3) is 0 Å². The summed E-state index contributed by atoms with van der Waals surface area (Å²) in [4.78, 5) is 0. The molecule has 0 amide bonds. The number of fused-ring (bicyclic) bond motifs is 2. The van der Waals surface area contributed by atoms with Crippen molar-refractivity contribution in [1.29, 1.82) is 0 Å². The average Bonchev–Trinajstić information content (AvgIpc) is 2.92. The SMILES string of the molecule is Cc1c2c(c(CCN)c3c1OCC3)OCC2. The lowest BCUT2D eigenvalue weighted by molar-refractivity contribution is 0.353. The molecular formula is C13H17NO2. The predicted molar refractivity (Wildman–Crippen MR) is 62.3 cm³/mol. The minimum atomic E-state index is 0.672. The predicted octanol–water partition coefficient (Wildman–Crippen LogP) is 1.37. The molecule has 2 aliphatic rings. The zero-order chi connectivity index (χ0) is 11.1. The van der Waals surface area contributed by atoms with Gasteiger partial charge >= 0.3 is 0 Å². The third-order valence-corrected chi connectivity index (χ3v) is 3.57. The lowest BCUT2D eigenvalue weighted by Crippen LogP contribution is -2.07. The molecule has 0 bridgehead atoms. The topological polar surface area (TPSA) is 44.5 Å². The summed E-state index contributed by atoms with van der Waals surface area (Å²) in [5, 5.41) is 0. The molecule has 0 aromatic heterocycles. The highest BCUT2D eigenvalue weighted by Gasteiger charge is 2.28. The first-order chi connectivity index (χ1) is 7.83. The quantitative estimate of drug-likeness (QED) is 0.817. The average molecular weight is 219 g/mol. The summed E-state index contributed by atoms with van der Waals surface area (Å²) >= 11 is 0. The Morgan fingerprint density at radius 2 is 1.75 bits per heavy atom. The second kappa shape index (κ2) is 3.67. The third-order valence-electron chi connectivity index (χ3n) is 3.57. The normalized spacial score (nSPS) is 16.6. The van der Waals surface area contributed by atoms with Crippen LogP contribution in [0.5, 0.6) is 11.5 Å². The first-order valence-corrected chi connectivity index (χ1v) is 5.95. The molecule has 1 aromatic rings. The number of ether oxygens (including phenoxy) is 2. The zero-order valence-electron chi connectivity index (χ0n) is 9.64. The van der Waals surface area contributed by atoms with Crippen molar-refractivity contribution >= 4 is 0 Å². The zero-order valence-corrected chi connectivity index (χ0v) is 9.64. The molecule has 1 aromatic carbocycles. The summed E-state index contributed by atoms with van der Waals surface area (Å²) in [6, 6.07) is 0. The van der Waals surface area contributed by atoms with Crippen LogP contribution in [-0.4, -0.2) is 19.8 Å². The van der Waals surface area contributed by atoms with E-state index in [4.69, 9.17) is 15.2 Å². The molecule has 0 spiro atoms. The van der Waals surface area contributed by atoms with E-state index in [0.29, 0.717) is 6.54 Å². The highest BCUT2D eigenvalue weighted by Crippen LogP contribution is 2.43. The monoisotopic (exact) mass is 219 g/mol. The second-order valence-corrected chi connectivity index (χ2v) is 4.45. The molecule has 2 N–H and O–H groups in total. The summed E-state index contributed by atoms with van der Waals surface area (Å²) in [7, 11) is 0. The second-order valence-electron chi connectivity index (χ2n) is 4.45. The molecule has 0 unspecified atom stereocenters. The number of nitrogens with two attached hydrogens (primary N) is 1. The molecule has 2 heterocycles. The fourth-order valence-corrected chi connectivity index (χ4v) is 2.84. The van der Waals surface area contributed by atoms with E-state index in [2.05, 4.69) is 6.92 Å². The number of hydrogen-bond acceptors (Lipinski definition) is 3. The number of benzene rings is 1. The van der Waals surface area contributed by atoms with Crippen LogP contribution in [0.4, 0.5) is 0 Å². The van der Waals surface area contributed by atoms with Gasteiger partial charge in [-0.1, -0.05) is 0 Å². The van der Waals surface area contributed by atoms with Crippen LogP contribution in [0, 0.1) is 6.92 Å². The van der Waals surface area contributed by atoms with Crippen molar-refractivity contribution in [2.24, 2.45) is 5.73 Å². The van der Waals surface area contributed by atoms with E-state index < -0.39 is 0 Å². The van der Waals surface area contributed by atoms with Crippen LogP contribution in [0.2, 0.25) is 0 Å². The van der Waals surface area contributed by atoms with Crippen molar-refractivity contribution in [3.05, 3.63) is 22.3 Å². The van der Waals surface area contributed by atoms with Gasteiger partial charge in [-0.25, -0.2) is 0 Å². The molecule has 0 radical (unpaired) electrons. The van der Waals surface area contributed by atoms with Gasteiger partial charge in [0.05, 0.1) is 13.2 Å². The van der Waals surface area contributed by atoms with Gasteiger partial charge < -0.3 is 15.2 Å². The van der Waals surface area contributed by atoms with Crippen molar-refractivity contribution in [3.8, 4) is 11.5 Å². The van der Waals surface area contributed by atoms with Gasteiger partial charge in [0.25, 0.3) is 0 Å². The van der Waals surface area contributed by atoms with Gasteiger partial charge in [-0.3, -0.25) is 0 Å². The molecule has 16 heavy (non-hydrogen) atoms. The van der Waals surface area contributed by atoms with E-state index in [1.54, 1.807) is 0 Å². The Hall–Kier alpha value is -1.22. The van der Waals surface area contributed by atoms with E-state index in [-0.39, 0.29) is 0 Å². The Morgan fingerprint density at radius 1 is 1.06 bits per heavy atom. The van der Waals surface area contributed by atoms with Crippen LogP contribution in [-0.2, 0) is 19.3 Å². The summed E-state index contributed by atoms with van der Waals surface area (Å²) < 4.78 is 11.5. The van der Waals surface area contributed by atoms with E-state index >= 15 is 0 Å². The molecule has 0 saturated heterocycles. The maximum absolute atomic E-state index is 5.78. The van der Waals surface area contributed by atoms with E-state index in [1.807, 2.05) is 0 Å². The summed E-state index contributed by atoms with van der Waals surface area (Å²) in [5.41, 5.74) is 10.9. The van der Waals surface area contributed by atoms with Crippen LogP contribution >= 0.6 is 0 Å². The largest absolute Gasteiger partial charge is 0.493 e. The Balaban J connectivity index is 2.23. The molecule has 2 aliphatic heterocycles. The van der Waals surface area contributed by atoms with Gasteiger partial charge in [0.2, 0.25) is 0 Å². The lowest BCUT2D eigenvalue weighted by atomic mass is 9.93. The van der Waals surface area contributed by atoms with Crippen molar-refractivity contribution in [3.63, 3.8) is 0 Å². The van der Waals surface area contributed by atoms with Gasteiger partial charge in [-0.05, 0) is 25.5 Å². The Morgan fingerprint density at radius 3 is 2.50 bits per heavy atom. The molecular weight excluding hydrogens is 202 g/mol. The first kappa shape index (κ1) is 9.97. The van der Waals surface area contributed by atoms with Crippen molar-refractivity contribution < 1.29 is 9.47 Å².